The molecule has 1 amide bonds. The van der Waals surface area contributed by atoms with Crippen LogP contribution in [0.4, 0.5) is 0 Å². The molecule has 1 fully saturated rings. The number of aryl methyl sites for hydroxylation is 1. The van der Waals surface area contributed by atoms with E-state index in [1.807, 2.05) is 0 Å². The number of carbonyl (C=O) groups is 1. The second-order valence-corrected chi connectivity index (χ2v) is 7.76. The number of aliphatic hydroxyl groups is 1. The van der Waals surface area contributed by atoms with E-state index in [0.717, 1.165) is 58.2 Å². The summed E-state index contributed by atoms with van der Waals surface area (Å²) in [6.07, 6.45) is 7.68. The SMILES string of the molecule is O=C(NCCCCN1CCCC1CO)C1CCCc2sccc21. The summed E-state index contributed by atoms with van der Waals surface area (Å²) in [6.45, 7) is 3.20. The Morgan fingerprint density at radius 2 is 2.26 bits per heavy atom. The fourth-order valence-corrected chi connectivity index (χ4v) is 4.92. The summed E-state index contributed by atoms with van der Waals surface area (Å²) in [5.74, 6) is 0.279. The van der Waals surface area contributed by atoms with Gasteiger partial charge in [-0.25, -0.2) is 0 Å². The first-order valence-electron chi connectivity index (χ1n) is 8.98. The Bertz CT molecular complexity index is 517. The molecule has 23 heavy (non-hydrogen) atoms. The van der Waals surface area contributed by atoms with Crippen molar-refractivity contribution >= 4 is 17.2 Å². The van der Waals surface area contributed by atoms with Gasteiger partial charge in [-0.15, -0.1) is 11.3 Å². The van der Waals surface area contributed by atoms with Crippen LogP contribution in [0.25, 0.3) is 0 Å². The van der Waals surface area contributed by atoms with Gasteiger partial charge in [0, 0.05) is 17.5 Å². The van der Waals surface area contributed by atoms with E-state index in [1.165, 1.54) is 16.9 Å². The first-order chi connectivity index (χ1) is 11.3. The smallest absolute Gasteiger partial charge is 0.227 e. The number of amides is 1. The van der Waals surface area contributed by atoms with Gasteiger partial charge in [-0.3, -0.25) is 9.69 Å². The summed E-state index contributed by atoms with van der Waals surface area (Å²) in [7, 11) is 0. The molecule has 2 aliphatic rings. The van der Waals surface area contributed by atoms with Gasteiger partial charge in [0.1, 0.15) is 0 Å². The number of likely N-dealkylation sites (tertiary alicyclic amines) is 1. The van der Waals surface area contributed by atoms with Gasteiger partial charge in [0.25, 0.3) is 0 Å². The van der Waals surface area contributed by atoms with Crippen LogP contribution in [0.2, 0.25) is 0 Å². The van der Waals surface area contributed by atoms with E-state index in [0.29, 0.717) is 6.04 Å². The minimum Gasteiger partial charge on any atom is -0.395 e. The van der Waals surface area contributed by atoms with Crippen LogP contribution >= 0.6 is 11.3 Å². The Balaban J connectivity index is 1.36. The van der Waals surface area contributed by atoms with Gasteiger partial charge < -0.3 is 10.4 Å². The molecule has 0 radical (unpaired) electrons. The molecule has 128 valence electrons. The second kappa shape index (κ2) is 8.27. The number of rotatable bonds is 7. The zero-order chi connectivity index (χ0) is 16.1. The van der Waals surface area contributed by atoms with E-state index in [-0.39, 0.29) is 18.4 Å². The lowest BCUT2D eigenvalue weighted by molar-refractivity contribution is -0.122. The predicted molar refractivity (Wildman–Crippen MR) is 93.9 cm³/mol. The number of nitrogens with zero attached hydrogens (tertiary/aromatic N) is 1. The van der Waals surface area contributed by atoms with Crippen molar-refractivity contribution in [3.63, 3.8) is 0 Å². The molecule has 3 rings (SSSR count). The molecule has 2 heterocycles. The molecule has 0 aromatic carbocycles. The Labute approximate surface area is 142 Å². The van der Waals surface area contributed by atoms with E-state index in [4.69, 9.17) is 0 Å². The third-order valence-corrected chi connectivity index (χ3v) is 6.25. The van der Waals surface area contributed by atoms with Gasteiger partial charge in [0.05, 0.1) is 12.5 Å². The van der Waals surface area contributed by atoms with Crippen LogP contribution in [-0.2, 0) is 11.2 Å². The van der Waals surface area contributed by atoms with Crippen molar-refractivity contribution < 1.29 is 9.90 Å². The molecule has 2 atom stereocenters. The van der Waals surface area contributed by atoms with E-state index < -0.39 is 0 Å². The lowest BCUT2D eigenvalue weighted by Crippen LogP contribution is -2.34. The molecule has 1 aromatic heterocycles. The Morgan fingerprint density at radius 3 is 3.13 bits per heavy atom. The highest BCUT2D eigenvalue weighted by Gasteiger charge is 2.27. The summed E-state index contributed by atoms with van der Waals surface area (Å²) in [5, 5.41) is 14.6. The van der Waals surface area contributed by atoms with E-state index in [2.05, 4.69) is 21.7 Å². The summed E-state index contributed by atoms with van der Waals surface area (Å²) in [5.41, 5.74) is 1.27. The van der Waals surface area contributed by atoms with Crippen molar-refractivity contribution in [3.05, 3.63) is 21.9 Å². The molecular weight excluding hydrogens is 308 g/mol. The third kappa shape index (κ3) is 4.14. The maximum Gasteiger partial charge on any atom is 0.227 e. The summed E-state index contributed by atoms with van der Waals surface area (Å²) in [4.78, 5) is 16.2. The van der Waals surface area contributed by atoms with Crippen LogP contribution in [0.15, 0.2) is 11.4 Å². The quantitative estimate of drug-likeness (QED) is 0.752. The zero-order valence-electron chi connectivity index (χ0n) is 13.8. The van der Waals surface area contributed by atoms with Gasteiger partial charge in [0.15, 0.2) is 0 Å². The van der Waals surface area contributed by atoms with E-state index >= 15 is 0 Å². The molecule has 1 aliphatic carbocycles. The first-order valence-corrected chi connectivity index (χ1v) is 9.86. The van der Waals surface area contributed by atoms with Crippen molar-refractivity contribution in [2.75, 3.05) is 26.2 Å². The Kier molecular flexibility index (Phi) is 6.08. The number of nitrogens with one attached hydrogen (secondary N) is 1. The molecule has 0 saturated carbocycles. The monoisotopic (exact) mass is 336 g/mol. The molecule has 1 saturated heterocycles. The minimum atomic E-state index is 0.0716. The standard InChI is InChI=1S/C18H28N2O2S/c21-13-14-5-4-11-20(14)10-2-1-9-19-18(22)16-6-3-7-17-15(16)8-12-23-17/h8,12,14,16,21H,1-7,9-11,13H2,(H,19,22). The molecule has 4 nitrogen and oxygen atoms in total. The molecule has 5 heteroatoms. The van der Waals surface area contributed by atoms with Gasteiger partial charge in [-0.2, -0.15) is 0 Å². The number of hydrogen-bond acceptors (Lipinski definition) is 4. The zero-order valence-corrected chi connectivity index (χ0v) is 14.6. The molecular formula is C18H28N2O2S. The largest absolute Gasteiger partial charge is 0.395 e. The van der Waals surface area contributed by atoms with Crippen LogP contribution in [0.1, 0.15) is 54.9 Å². The first kappa shape index (κ1) is 16.9. The highest BCUT2D eigenvalue weighted by Crippen LogP contribution is 2.34. The maximum atomic E-state index is 12.4. The maximum absolute atomic E-state index is 12.4. The average molecular weight is 337 g/mol. The highest BCUT2D eigenvalue weighted by molar-refractivity contribution is 7.10. The Hall–Kier alpha value is -0.910. The molecule has 0 bridgehead atoms. The minimum absolute atomic E-state index is 0.0716. The normalized spacial score (nSPS) is 24.6. The van der Waals surface area contributed by atoms with Crippen molar-refractivity contribution in [1.29, 1.82) is 0 Å². The van der Waals surface area contributed by atoms with Gasteiger partial charge in [0.2, 0.25) is 5.91 Å². The number of fused-ring (bicyclic) bond motifs is 1. The number of hydrogen-bond donors (Lipinski definition) is 2. The molecule has 1 aromatic rings. The summed E-state index contributed by atoms with van der Waals surface area (Å²) < 4.78 is 0. The second-order valence-electron chi connectivity index (χ2n) is 6.76. The van der Waals surface area contributed by atoms with Crippen molar-refractivity contribution in [2.24, 2.45) is 0 Å². The summed E-state index contributed by atoms with van der Waals surface area (Å²) in [6, 6.07) is 2.50. The number of unbranched alkanes of at least 4 members (excludes halogenated alkanes) is 1. The molecule has 0 spiro atoms. The summed E-state index contributed by atoms with van der Waals surface area (Å²) >= 11 is 1.79. The molecule has 1 aliphatic heterocycles. The van der Waals surface area contributed by atoms with Crippen LogP contribution in [0.3, 0.4) is 0 Å². The predicted octanol–water partition coefficient (Wildman–Crippen LogP) is 2.52. The van der Waals surface area contributed by atoms with Crippen molar-refractivity contribution in [1.82, 2.24) is 10.2 Å². The van der Waals surface area contributed by atoms with Crippen molar-refractivity contribution in [2.45, 2.75) is 56.9 Å². The highest BCUT2D eigenvalue weighted by atomic mass is 32.1. The van der Waals surface area contributed by atoms with Gasteiger partial charge >= 0.3 is 0 Å². The number of carbonyl (C=O) groups excluding carboxylic acids is 1. The average Bonchev–Trinajstić information content (AvgIpc) is 3.22. The topological polar surface area (TPSA) is 52.6 Å². The van der Waals surface area contributed by atoms with E-state index in [9.17, 15) is 9.90 Å². The lowest BCUT2D eigenvalue weighted by atomic mass is 9.87. The number of aliphatic hydroxyl groups excluding tert-OH is 1. The van der Waals surface area contributed by atoms with Gasteiger partial charge in [-0.05, 0) is 75.0 Å². The fourth-order valence-electron chi connectivity index (χ4n) is 3.93. The molecule has 2 N–H and O–H groups in total. The van der Waals surface area contributed by atoms with Crippen LogP contribution < -0.4 is 5.32 Å². The third-order valence-electron chi connectivity index (χ3n) is 5.25. The lowest BCUT2D eigenvalue weighted by Gasteiger charge is -2.23. The number of thiophene rings is 1. The Morgan fingerprint density at radius 1 is 1.35 bits per heavy atom. The van der Waals surface area contributed by atoms with Crippen molar-refractivity contribution in [3.8, 4) is 0 Å². The van der Waals surface area contributed by atoms with Crippen LogP contribution in [-0.4, -0.2) is 48.2 Å². The van der Waals surface area contributed by atoms with Crippen LogP contribution in [0.5, 0.6) is 0 Å². The molecule has 2 unspecified atom stereocenters. The van der Waals surface area contributed by atoms with Gasteiger partial charge in [-0.1, -0.05) is 0 Å². The van der Waals surface area contributed by atoms with Crippen LogP contribution in [0, 0.1) is 0 Å². The fraction of sp³-hybridized carbons (Fsp3) is 0.722. The van der Waals surface area contributed by atoms with E-state index in [1.54, 1.807) is 11.3 Å².